The van der Waals surface area contributed by atoms with Crippen molar-refractivity contribution in [1.29, 1.82) is 5.26 Å². The van der Waals surface area contributed by atoms with Crippen molar-refractivity contribution in [3.63, 3.8) is 0 Å². The molecule has 17 heavy (non-hydrogen) atoms. The second-order valence-corrected chi connectivity index (χ2v) is 5.48. The number of rotatable bonds is 4. The lowest BCUT2D eigenvalue weighted by molar-refractivity contribution is 0.426. The third-order valence-electron chi connectivity index (χ3n) is 3.45. The molecular weight excluding hydrogens is 276 g/mol. The first-order valence-electron chi connectivity index (χ1n) is 6.16. The van der Waals surface area contributed by atoms with E-state index in [4.69, 9.17) is 5.26 Å². The van der Waals surface area contributed by atoms with Gasteiger partial charge in [0, 0.05) is 16.6 Å². The lowest BCUT2D eigenvalue weighted by atomic mass is 10.1. The highest BCUT2D eigenvalue weighted by atomic mass is 79.9. The first-order valence-corrected chi connectivity index (χ1v) is 6.95. The number of benzene rings is 1. The summed E-state index contributed by atoms with van der Waals surface area (Å²) in [5, 5.41) is 12.4. The van der Waals surface area contributed by atoms with Gasteiger partial charge in [0.2, 0.25) is 0 Å². The maximum Gasteiger partial charge on any atom is 0.0638 e. The summed E-state index contributed by atoms with van der Waals surface area (Å²) in [4.78, 5) is 0. The van der Waals surface area contributed by atoms with Crippen molar-refractivity contribution in [1.82, 2.24) is 5.32 Å². The van der Waals surface area contributed by atoms with Gasteiger partial charge in [-0.2, -0.15) is 5.26 Å². The van der Waals surface area contributed by atoms with Crippen LogP contribution in [0, 0.1) is 11.3 Å². The SMILES string of the molecule is CCC(CC#N)NC1CCc2cc(Br)ccc21. The van der Waals surface area contributed by atoms with Crippen molar-refractivity contribution >= 4 is 15.9 Å². The summed E-state index contributed by atoms with van der Waals surface area (Å²) in [6, 6.07) is 9.51. The van der Waals surface area contributed by atoms with Crippen LogP contribution in [0.2, 0.25) is 0 Å². The Kier molecular flexibility index (Phi) is 4.20. The van der Waals surface area contributed by atoms with Gasteiger partial charge in [-0.3, -0.25) is 0 Å². The van der Waals surface area contributed by atoms with Crippen LogP contribution in [0.4, 0.5) is 0 Å². The molecule has 0 saturated carbocycles. The maximum absolute atomic E-state index is 8.78. The molecule has 0 bridgehead atoms. The first kappa shape index (κ1) is 12.6. The number of hydrogen-bond donors (Lipinski definition) is 1. The van der Waals surface area contributed by atoms with Crippen molar-refractivity contribution in [2.45, 2.75) is 44.7 Å². The normalized spacial score (nSPS) is 19.7. The summed E-state index contributed by atoms with van der Waals surface area (Å²) in [6.07, 6.45) is 3.89. The summed E-state index contributed by atoms with van der Waals surface area (Å²) in [5.74, 6) is 0. The molecule has 3 heteroatoms. The summed E-state index contributed by atoms with van der Waals surface area (Å²) < 4.78 is 1.15. The molecule has 0 aliphatic heterocycles. The largest absolute Gasteiger partial charge is 0.306 e. The zero-order chi connectivity index (χ0) is 12.3. The molecule has 0 aromatic heterocycles. The second-order valence-electron chi connectivity index (χ2n) is 4.57. The van der Waals surface area contributed by atoms with Gasteiger partial charge in [-0.1, -0.05) is 28.9 Å². The maximum atomic E-state index is 8.78. The minimum Gasteiger partial charge on any atom is -0.306 e. The molecule has 1 N–H and O–H groups in total. The highest BCUT2D eigenvalue weighted by Gasteiger charge is 2.24. The molecule has 0 amide bonds. The van der Waals surface area contributed by atoms with Crippen molar-refractivity contribution in [3.8, 4) is 6.07 Å². The van der Waals surface area contributed by atoms with Crippen molar-refractivity contribution in [3.05, 3.63) is 33.8 Å². The molecule has 1 aromatic carbocycles. The number of halogens is 1. The van der Waals surface area contributed by atoms with E-state index < -0.39 is 0 Å². The standard InChI is InChI=1S/C14H17BrN2/c1-2-12(7-8-16)17-14-6-3-10-9-11(15)4-5-13(10)14/h4-5,9,12,14,17H,2-3,6-7H2,1H3. The van der Waals surface area contributed by atoms with E-state index in [0.717, 1.165) is 23.7 Å². The molecule has 2 rings (SSSR count). The molecule has 0 saturated heterocycles. The third-order valence-corrected chi connectivity index (χ3v) is 3.94. The molecule has 0 heterocycles. The van der Waals surface area contributed by atoms with Gasteiger partial charge in [0.1, 0.15) is 0 Å². The van der Waals surface area contributed by atoms with Gasteiger partial charge in [-0.25, -0.2) is 0 Å². The van der Waals surface area contributed by atoms with E-state index in [2.05, 4.69) is 52.4 Å². The molecule has 0 radical (unpaired) electrons. The lowest BCUT2D eigenvalue weighted by Crippen LogP contribution is -2.31. The van der Waals surface area contributed by atoms with Crippen LogP contribution in [0.15, 0.2) is 22.7 Å². The van der Waals surface area contributed by atoms with Gasteiger partial charge >= 0.3 is 0 Å². The van der Waals surface area contributed by atoms with Crippen LogP contribution >= 0.6 is 15.9 Å². The smallest absolute Gasteiger partial charge is 0.0638 e. The quantitative estimate of drug-likeness (QED) is 0.918. The van der Waals surface area contributed by atoms with Crippen LogP contribution < -0.4 is 5.32 Å². The molecule has 1 aromatic rings. The monoisotopic (exact) mass is 292 g/mol. The minimum absolute atomic E-state index is 0.319. The van der Waals surface area contributed by atoms with Gasteiger partial charge in [0.15, 0.2) is 0 Å². The molecule has 0 spiro atoms. The van der Waals surface area contributed by atoms with E-state index in [-0.39, 0.29) is 0 Å². The van der Waals surface area contributed by atoms with Gasteiger partial charge in [0.05, 0.1) is 12.5 Å². The van der Waals surface area contributed by atoms with E-state index >= 15 is 0 Å². The minimum atomic E-state index is 0.319. The zero-order valence-electron chi connectivity index (χ0n) is 10.0. The Morgan fingerprint density at radius 1 is 1.59 bits per heavy atom. The van der Waals surface area contributed by atoms with Gasteiger partial charge < -0.3 is 5.32 Å². The molecule has 1 aliphatic rings. The summed E-state index contributed by atoms with van der Waals surface area (Å²) in [5.41, 5.74) is 2.84. The van der Waals surface area contributed by atoms with Crippen molar-refractivity contribution in [2.75, 3.05) is 0 Å². The van der Waals surface area contributed by atoms with E-state index in [1.54, 1.807) is 0 Å². The summed E-state index contributed by atoms with van der Waals surface area (Å²) in [6.45, 7) is 2.13. The van der Waals surface area contributed by atoms with Crippen LogP contribution in [-0.4, -0.2) is 6.04 Å². The van der Waals surface area contributed by atoms with Crippen LogP contribution in [0.1, 0.15) is 43.4 Å². The fourth-order valence-electron chi connectivity index (χ4n) is 2.48. The Labute approximate surface area is 111 Å². The van der Waals surface area contributed by atoms with Crippen molar-refractivity contribution in [2.24, 2.45) is 0 Å². The predicted molar refractivity (Wildman–Crippen MR) is 72.6 cm³/mol. The van der Waals surface area contributed by atoms with E-state index in [1.807, 2.05) is 0 Å². The Morgan fingerprint density at radius 3 is 3.12 bits per heavy atom. The highest BCUT2D eigenvalue weighted by Crippen LogP contribution is 2.33. The third kappa shape index (κ3) is 2.88. The van der Waals surface area contributed by atoms with E-state index in [9.17, 15) is 0 Å². The molecule has 2 nitrogen and oxygen atoms in total. The lowest BCUT2D eigenvalue weighted by Gasteiger charge is -2.20. The average Bonchev–Trinajstić information content (AvgIpc) is 2.71. The van der Waals surface area contributed by atoms with Crippen LogP contribution in [0.5, 0.6) is 0 Å². The Morgan fingerprint density at radius 2 is 2.41 bits per heavy atom. The number of nitriles is 1. The predicted octanol–water partition coefficient (Wildman–Crippen LogP) is 3.72. The molecule has 1 aliphatic carbocycles. The molecule has 90 valence electrons. The Hall–Kier alpha value is -0.850. The average molecular weight is 293 g/mol. The van der Waals surface area contributed by atoms with Gasteiger partial charge in [-0.05, 0) is 42.5 Å². The fourth-order valence-corrected chi connectivity index (χ4v) is 2.88. The van der Waals surface area contributed by atoms with Crippen LogP contribution in [-0.2, 0) is 6.42 Å². The summed E-state index contributed by atoms with van der Waals surface area (Å²) >= 11 is 3.51. The number of hydrogen-bond acceptors (Lipinski definition) is 2. The van der Waals surface area contributed by atoms with E-state index in [1.165, 1.54) is 11.1 Å². The van der Waals surface area contributed by atoms with Crippen molar-refractivity contribution < 1.29 is 0 Å². The second kappa shape index (κ2) is 5.66. The van der Waals surface area contributed by atoms with Crippen LogP contribution in [0.25, 0.3) is 0 Å². The molecular formula is C14H17BrN2. The Bertz CT molecular complexity index is 436. The topological polar surface area (TPSA) is 35.8 Å². The number of nitrogens with one attached hydrogen (secondary N) is 1. The van der Waals surface area contributed by atoms with Crippen LogP contribution in [0.3, 0.4) is 0 Å². The number of nitrogens with zero attached hydrogens (tertiary/aromatic N) is 1. The molecule has 2 unspecified atom stereocenters. The fraction of sp³-hybridized carbons (Fsp3) is 0.500. The highest BCUT2D eigenvalue weighted by molar-refractivity contribution is 9.10. The number of aryl methyl sites for hydroxylation is 1. The van der Waals surface area contributed by atoms with E-state index in [0.29, 0.717) is 18.5 Å². The first-order chi connectivity index (χ1) is 8.24. The molecule has 0 fully saturated rings. The van der Waals surface area contributed by atoms with Gasteiger partial charge in [-0.15, -0.1) is 0 Å². The van der Waals surface area contributed by atoms with Gasteiger partial charge in [0.25, 0.3) is 0 Å². The summed E-state index contributed by atoms with van der Waals surface area (Å²) in [7, 11) is 0. The zero-order valence-corrected chi connectivity index (χ0v) is 11.6. The molecule has 2 atom stereocenters. The Balaban J connectivity index is 2.09. The number of fused-ring (bicyclic) bond motifs is 1.